The van der Waals surface area contributed by atoms with Gasteiger partial charge in [0.15, 0.2) is 0 Å². The minimum absolute atomic E-state index is 0.0743. The smallest absolute Gasteiger partial charge is 0.315 e. The molecule has 3 N–H and O–H groups in total. The molecule has 1 saturated heterocycles. The highest BCUT2D eigenvalue weighted by atomic mass is 16.5. The summed E-state index contributed by atoms with van der Waals surface area (Å²) in [5.41, 5.74) is 0.772. The number of hydrogen-bond acceptors (Lipinski definition) is 4. The Bertz CT molecular complexity index is 552. The molecule has 0 aliphatic carbocycles. The van der Waals surface area contributed by atoms with E-state index in [-0.39, 0.29) is 30.1 Å². The van der Waals surface area contributed by atoms with Gasteiger partial charge in [0.05, 0.1) is 18.2 Å². The second kappa shape index (κ2) is 8.65. The summed E-state index contributed by atoms with van der Waals surface area (Å²) in [7, 11) is 1.62. The average Bonchev–Trinajstić information content (AvgIpc) is 2.98. The van der Waals surface area contributed by atoms with Crippen LogP contribution in [-0.4, -0.2) is 61.8 Å². The summed E-state index contributed by atoms with van der Waals surface area (Å²) < 4.78 is 5.47. The second-order valence-electron chi connectivity index (χ2n) is 5.87. The summed E-state index contributed by atoms with van der Waals surface area (Å²) in [5, 5.41) is 8.53. The van der Waals surface area contributed by atoms with Gasteiger partial charge in [-0.1, -0.05) is 18.2 Å². The summed E-state index contributed by atoms with van der Waals surface area (Å²) in [6.45, 7) is 5.45. The van der Waals surface area contributed by atoms with Crippen LogP contribution >= 0.6 is 0 Å². The average molecular weight is 334 g/mol. The van der Waals surface area contributed by atoms with Crippen molar-refractivity contribution in [3.63, 3.8) is 0 Å². The molecule has 7 nitrogen and oxygen atoms in total. The van der Waals surface area contributed by atoms with Gasteiger partial charge in [-0.3, -0.25) is 9.69 Å². The number of ether oxygens (including phenoxy) is 1. The molecular weight excluding hydrogens is 308 g/mol. The molecule has 1 heterocycles. The Hall–Kier alpha value is -2.12. The number of nitrogens with one attached hydrogen (secondary N) is 3. The van der Waals surface area contributed by atoms with Crippen molar-refractivity contribution in [2.45, 2.75) is 32.0 Å². The molecule has 2 rings (SSSR count). The first-order valence-electron chi connectivity index (χ1n) is 8.22. The van der Waals surface area contributed by atoms with Crippen LogP contribution in [-0.2, 0) is 9.53 Å². The summed E-state index contributed by atoms with van der Waals surface area (Å²) in [6.07, 6.45) is -0.139. The lowest BCUT2D eigenvalue weighted by atomic mass is 10.2. The van der Waals surface area contributed by atoms with Crippen LogP contribution in [0.2, 0.25) is 0 Å². The number of para-hydroxylation sites is 1. The zero-order valence-electron chi connectivity index (χ0n) is 14.4. The highest BCUT2D eigenvalue weighted by Gasteiger charge is 2.37. The zero-order chi connectivity index (χ0) is 17.5. The molecule has 0 saturated carbocycles. The minimum atomic E-state index is -0.316. The van der Waals surface area contributed by atoms with Crippen molar-refractivity contribution < 1.29 is 14.3 Å². The van der Waals surface area contributed by atoms with E-state index in [1.54, 1.807) is 7.11 Å². The maximum absolute atomic E-state index is 12.4. The van der Waals surface area contributed by atoms with Crippen molar-refractivity contribution in [3.05, 3.63) is 30.3 Å². The van der Waals surface area contributed by atoms with Gasteiger partial charge in [0.1, 0.15) is 0 Å². The number of urea groups is 1. The topological polar surface area (TPSA) is 82.7 Å². The maximum Gasteiger partial charge on any atom is 0.315 e. The first kappa shape index (κ1) is 18.2. The van der Waals surface area contributed by atoms with Gasteiger partial charge < -0.3 is 20.7 Å². The van der Waals surface area contributed by atoms with E-state index in [9.17, 15) is 9.59 Å². The highest BCUT2D eigenvalue weighted by molar-refractivity contribution is 5.94. The number of methoxy groups -OCH3 is 1. The summed E-state index contributed by atoms with van der Waals surface area (Å²) in [6, 6.07) is 8.69. The number of rotatable bonds is 6. The molecule has 7 heteroatoms. The van der Waals surface area contributed by atoms with E-state index in [4.69, 9.17) is 4.74 Å². The molecule has 0 aromatic heterocycles. The third-order valence-electron chi connectivity index (χ3n) is 4.22. The molecule has 0 spiro atoms. The lowest BCUT2D eigenvalue weighted by Gasteiger charge is -2.23. The molecule has 132 valence electrons. The van der Waals surface area contributed by atoms with E-state index in [2.05, 4.69) is 16.0 Å². The first-order chi connectivity index (χ1) is 11.5. The van der Waals surface area contributed by atoms with Gasteiger partial charge in [-0.25, -0.2) is 4.79 Å². The third kappa shape index (κ3) is 4.69. The fraction of sp³-hybridized carbons (Fsp3) is 0.529. The molecule has 0 bridgehead atoms. The predicted molar refractivity (Wildman–Crippen MR) is 92.9 cm³/mol. The van der Waals surface area contributed by atoms with Gasteiger partial charge >= 0.3 is 6.03 Å². The molecule has 3 atom stereocenters. The van der Waals surface area contributed by atoms with Gasteiger partial charge in [-0.05, 0) is 26.0 Å². The standard InChI is InChI=1S/C17H26N4O3/c1-4-18-17(23)20-14-10-21(11-15(14)24-3)12(2)16(22)19-13-8-6-5-7-9-13/h5-9,12,14-15H,4,10-11H2,1-3H3,(H,19,22)(H2,18,20,23)/t12-,14+,15+/m1/s1. The summed E-state index contributed by atoms with van der Waals surface area (Å²) >= 11 is 0. The molecule has 1 aromatic carbocycles. The number of carbonyl (C=O) groups excluding carboxylic acids is 2. The molecule has 1 aliphatic heterocycles. The van der Waals surface area contributed by atoms with Crippen LogP contribution < -0.4 is 16.0 Å². The zero-order valence-corrected chi connectivity index (χ0v) is 14.4. The lowest BCUT2D eigenvalue weighted by Crippen LogP contribution is -2.48. The van der Waals surface area contributed by atoms with Gasteiger partial charge in [0.25, 0.3) is 0 Å². The van der Waals surface area contributed by atoms with Crippen LogP contribution in [0, 0.1) is 0 Å². The number of anilines is 1. The predicted octanol–water partition coefficient (Wildman–Crippen LogP) is 1.03. The van der Waals surface area contributed by atoms with Crippen molar-refractivity contribution in [2.75, 3.05) is 32.1 Å². The van der Waals surface area contributed by atoms with Crippen LogP contribution in [0.25, 0.3) is 0 Å². The summed E-state index contributed by atoms with van der Waals surface area (Å²) in [4.78, 5) is 26.2. The number of hydrogen-bond donors (Lipinski definition) is 3. The largest absolute Gasteiger partial charge is 0.378 e. The quantitative estimate of drug-likeness (QED) is 0.726. The molecule has 1 aromatic rings. The Kier molecular flexibility index (Phi) is 6.57. The van der Waals surface area contributed by atoms with Crippen molar-refractivity contribution in [2.24, 2.45) is 0 Å². The summed E-state index contributed by atoms with van der Waals surface area (Å²) in [5.74, 6) is -0.0743. The molecule has 3 amide bonds. The molecule has 24 heavy (non-hydrogen) atoms. The van der Waals surface area contributed by atoms with E-state index in [1.165, 1.54) is 0 Å². The van der Waals surface area contributed by atoms with E-state index in [0.717, 1.165) is 5.69 Å². The fourth-order valence-corrected chi connectivity index (χ4v) is 2.81. The van der Waals surface area contributed by atoms with Crippen molar-refractivity contribution in [3.8, 4) is 0 Å². The molecular formula is C17H26N4O3. The number of amides is 3. The molecule has 1 fully saturated rings. The monoisotopic (exact) mass is 334 g/mol. The van der Waals surface area contributed by atoms with Crippen LogP contribution in [0.5, 0.6) is 0 Å². The molecule has 1 aliphatic rings. The van der Waals surface area contributed by atoms with E-state index < -0.39 is 0 Å². The number of likely N-dealkylation sites (tertiary alicyclic amines) is 1. The van der Waals surface area contributed by atoms with Gasteiger partial charge in [-0.2, -0.15) is 0 Å². The molecule has 0 radical (unpaired) electrons. The number of benzene rings is 1. The van der Waals surface area contributed by atoms with Crippen LogP contribution in [0.15, 0.2) is 30.3 Å². The molecule has 0 unspecified atom stereocenters. The Morgan fingerprint density at radius 2 is 2.00 bits per heavy atom. The van der Waals surface area contributed by atoms with E-state index in [0.29, 0.717) is 19.6 Å². The Morgan fingerprint density at radius 3 is 2.62 bits per heavy atom. The van der Waals surface area contributed by atoms with Gasteiger partial charge in [0, 0.05) is 32.4 Å². The Morgan fingerprint density at radius 1 is 1.29 bits per heavy atom. The number of carbonyl (C=O) groups is 2. The first-order valence-corrected chi connectivity index (χ1v) is 8.22. The van der Waals surface area contributed by atoms with Gasteiger partial charge in [0.2, 0.25) is 5.91 Å². The van der Waals surface area contributed by atoms with Crippen molar-refractivity contribution in [1.29, 1.82) is 0 Å². The van der Waals surface area contributed by atoms with Crippen LogP contribution in [0.1, 0.15) is 13.8 Å². The van der Waals surface area contributed by atoms with Crippen molar-refractivity contribution >= 4 is 17.6 Å². The maximum atomic E-state index is 12.4. The normalized spacial score (nSPS) is 22.0. The van der Waals surface area contributed by atoms with Crippen molar-refractivity contribution in [1.82, 2.24) is 15.5 Å². The third-order valence-corrected chi connectivity index (χ3v) is 4.22. The minimum Gasteiger partial charge on any atom is -0.378 e. The Balaban J connectivity index is 1.93. The highest BCUT2D eigenvalue weighted by Crippen LogP contribution is 2.17. The SMILES string of the molecule is CCNC(=O)N[C@H]1CN([C@H](C)C(=O)Nc2ccccc2)C[C@@H]1OC. The Labute approximate surface area is 142 Å². The fourth-order valence-electron chi connectivity index (χ4n) is 2.81. The van der Waals surface area contributed by atoms with E-state index in [1.807, 2.05) is 49.1 Å². The second-order valence-corrected chi connectivity index (χ2v) is 5.87. The van der Waals surface area contributed by atoms with Gasteiger partial charge in [-0.15, -0.1) is 0 Å². The van der Waals surface area contributed by atoms with Crippen LogP contribution in [0.3, 0.4) is 0 Å². The van der Waals surface area contributed by atoms with Crippen LogP contribution in [0.4, 0.5) is 10.5 Å². The van der Waals surface area contributed by atoms with E-state index >= 15 is 0 Å². The lowest BCUT2D eigenvalue weighted by molar-refractivity contribution is -0.120. The number of nitrogens with zero attached hydrogens (tertiary/aromatic N) is 1.